The molecule has 2 amide bonds. The molecule has 1 saturated heterocycles. The number of aromatic nitrogens is 1. The molecule has 162 valence electrons. The van der Waals surface area contributed by atoms with Crippen LogP contribution in [0.3, 0.4) is 0 Å². The van der Waals surface area contributed by atoms with E-state index in [4.69, 9.17) is 4.42 Å². The summed E-state index contributed by atoms with van der Waals surface area (Å²) in [6.07, 6.45) is 3.99. The third-order valence-corrected chi connectivity index (χ3v) is 5.76. The van der Waals surface area contributed by atoms with Crippen LogP contribution in [0.25, 0.3) is 11.1 Å². The van der Waals surface area contributed by atoms with Crippen LogP contribution in [0.4, 0.5) is 0 Å². The van der Waals surface area contributed by atoms with Crippen molar-refractivity contribution >= 4 is 22.9 Å². The van der Waals surface area contributed by atoms with Crippen molar-refractivity contribution in [3.63, 3.8) is 0 Å². The van der Waals surface area contributed by atoms with Crippen molar-refractivity contribution in [2.24, 2.45) is 0 Å². The number of hydrogen-bond donors (Lipinski definition) is 1. The molecule has 2 aromatic carbocycles. The van der Waals surface area contributed by atoms with E-state index >= 15 is 0 Å². The molecular formula is C25H29N3O3. The minimum absolute atomic E-state index is 0.0193. The van der Waals surface area contributed by atoms with Gasteiger partial charge in [-0.15, -0.1) is 0 Å². The molecule has 4 rings (SSSR count). The number of nitrogens with one attached hydrogen (secondary N) is 1. The lowest BCUT2D eigenvalue weighted by Gasteiger charge is -2.29. The van der Waals surface area contributed by atoms with Crippen molar-refractivity contribution in [1.29, 1.82) is 0 Å². The van der Waals surface area contributed by atoms with Crippen molar-refractivity contribution < 1.29 is 14.0 Å². The Morgan fingerprint density at radius 2 is 2.00 bits per heavy atom. The maximum absolute atomic E-state index is 13.2. The van der Waals surface area contributed by atoms with Gasteiger partial charge in [0.05, 0.1) is 0 Å². The summed E-state index contributed by atoms with van der Waals surface area (Å²) in [5, 5.41) is 2.95. The molecule has 1 aliphatic rings. The van der Waals surface area contributed by atoms with Gasteiger partial charge in [0.2, 0.25) is 5.91 Å². The Labute approximate surface area is 182 Å². The summed E-state index contributed by atoms with van der Waals surface area (Å²) in [6, 6.07) is 15.9. The van der Waals surface area contributed by atoms with E-state index in [1.807, 2.05) is 49.1 Å². The van der Waals surface area contributed by atoms with E-state index in [0.29, 0.717) is 35.5 Å². The lowest BCUT2D eigenvalue weighted by molar-refractivity contribution is -0.119. The van der Waals surface area contributed by atoms with Gasteiger partial charge < -0.3 is 14.6 Å². The molecule has 1 N–H and O–H groups in total. The number of hydrogen-bond acceptors (Lipinski definition) is 4. The molecule has 31 heavy (non-hydrogen) atoms. The molecule has 0 bridgehead atoms. The number of amides is 2. The second-order valence-electron chi connectivity index (χ2n) is 8.48. The van der Waals surface area contributed by atoms with Crippen LogP contribution in [-0.2, 0) is 17.6 Å². The van der Waals surface area contributed by atoms with Gasteiger partial charge in [0.15, 0.2) is 11.5 Å². The maximum Gasteiger partial charge on any atom is 0.254 e. The van der Waals surface area contributed by atoms with Crippen LogP contribution in [0.5, 0.6) is 0 Å². The molecule has 1 fully saturated rings. The largest absolute Gasteiger partial charge is 0.441 e. The van der Waals surface area contributed by atoms with E-state index in [-0.39, 0.29) is 23.9 Å². The summed E-state index contributed by atoms with van der Waals surface area (Å²) in [5.74, 6) is 0.710. The Morgan fingerprint density at radius 3 is 2.71 bits per heavy atom. The molecule has 1 atom stereocenters. The van der Waals surface area contributed by atoms with Crippen LogP contribution in [0.2, 0.25) is 0 Å². The number of carbonyl (C=O) groups excluding carboxylic acids is 2. The highest BCUT2D eigenvalue weighted by atomic mass is 16.3. The van der Waals surface area contributed by atoms with Crippen molar-refractivity contribution in [2.75, 3.05) is 6.54 Å². The molecule has 0 spiro atoms. The first-order valence-corrected chi connectivity index (χ1v) is 11.0. The third kappa shape index (κ3) is 5.13. The number of benzene rings is 2. The van der Waals surface area contributed by atoms with Gasteiger partial charge in [0, 0.05) is 37.0 Å². The first-order chi connectivity index (χ1) is 15.0. The zero-order valence-electron chi connectivity index (χ0n) is 18.1. The smallest absolute Gasteiger partial charge is 0.254 e. The van der Waals surface area contributed by atoms with Crippen molar-refractivity contribution in [2.45, 2.75) is 58.0 Å². The fourth-order valence-electron chi connectivity index (χ4n) is 4.05. The number of carbonyl (C=O) groups is 2. The van der Waals surface area contributed by atoms with Crippen molar-refractivity contribution in [1.82, 2.24) is 15.2 Å². The normalized spacial score (nSPS) is 16.1. The predicted molar refractivity (Wildman–Crippen MR) is 120 cm³/mol. The molecular weight excluding hydrogens is 390 g/mol. The topological polar surface area (TPSA) is 75.4 Å². The number of nitrogens with zero attached hydrogens (tertiary/aromatic N) is 2. The number of oxazole rings is 1. The van der Waals surface area contributed by atoms with E-state index in [1.54, 1.807) is 6.07 Å². The zero-order valence-corrected chi connectivity index (χ0v) is 18.1. The Balaban J connectivity index is 1.43. The van der Waals surface area contributed by atoms with Crippen LogP contribution < -0.4 is 5.32 Å². The van der Waals surface area contributed by atoms with Gasteiger partial charge in [-0.2, -0.15) is 0 Å². The van der Waals surface area contributed by atoms with E-state index < -0.39 is 0 Å². The molecule has 0 saturated carbocycles. The molecule has 0 radical (unpaired) electrons. The van der Waals surface area contributed by atoms with Gasteiger partial charge in [-0.1, -0.05) is 30.3 Å². The van der Waals surface area contributed by atoms with Gasteiger partial charge in [0.25, 0.3) is 5.91 Å². The van der Waals surface area contributed by atoms with Gasteiger partial charge in [0.1, 0.15) is 5.52 Å². The quantitative estimate of drug-likeness (QED) is 0.596. The summed E-state index contributed by atoms with van der Waals surface area (Å²) >= 11 is 0. The molecule has 6 nitrogen and oxygen atoms in total. The first-order valence-electron chi connectivity index (χ1n) is 11.0. The van der Waals surface area contributed by atoms with Crippen LogP contribution in [0.1, 0.15) is 54.9 Å². The highest BCUT2D eigenvalue weighted by Gasteiger charge is 2.27. The van der Waals surface area contributed by atoms with Crippen LogP contribution in [0.15, 0.2) is 52.9 Å². The van der Waals surface area contributed by atoms with Crippen LogP contribution in [-0.4, -0.2) is 40.3 Å². The summed E-state index contributed by atoms with van der Waals surface area (Å²) in [4.78, 5) is 31.1. The Bertz CT molecular complexity index is 1060. The molecule has 1 aromatic heterocycles. The summed E-state index contributed by atoms with van der Waals surface area (Å²) in [6.45, 7) is 4.51. The van der Waals surface area contributed by atoms with Crippen LogP contribution >= 0.6 is 0 Å². The second kappa shape index (κ2) is 9.33. The number of rotatable bonds is 8. The SMILES string of the molecule is CC(C)N(C[C@@H]1CCC(=O)N1)C(=O)c1ccc2oc(CCCc3ccccc3)nc2c1. The van der Waals surface area contributed by atoms with E-state index in [9.17, 15) is 9.59 Å². The van der Waals surface area contributed by atoms with Gasteiger partial charge in [-0.3, -0.25) is 9.59 Å². The Morgan fingerprint density at radius 1 is 1.19 bits per heavy atom. The first kappa shape index (κ1) is 21.1. The van der Waals surface area contributed by atoms with E-state index in [0.717, 1.165) is 25.7 Å². The molecule has 0 unspecified atom stereocenters. The van der Waals surface area contributed by atoms with E-state index in [2.05, 4.69) is 22.4 Å². The zero-order chi connectivity index (χ0) is 21.8. The standard InChI is InChI=1S/C25H29N3O3/c1-17(2)28(16-20-12-14-23(29)26-20)25(30)19-11-13-22-21(15-19)27-24(31-22)10-6-9-18-7-4-3-5-8-18/h3-5,7-8,11,13,15,17,20H,6,9-10,12,14,16H2,1-2H3,(H,26,29)/t20-/m0/s1. The Kier molecular flexibility index (Phi) is 6.35. The van der Waals surface area contributed by atoms with E-state index in [1.165, 1.54) is 5.56 Å². The van der Waals surface area contributed by atoms with Gasteiger partial charge in [-0.05, 0) is 56.9 Å². The average molecular weight is 420 g/mol. The fourth-order valence-corrected chi connectivity index (χ4v) is 4.05. The van der Waals surface area contributed by atoms with Crippen molar-refractivity contribution in [3.05, 3.63) is 65.5 Å². The number of aryl methyl sites for hydroxylation is 2. The lowest BCUT2D eigenvalue weighted by Crippen LogP contribution is -2.45. The number of fused-ring (bicyclic) bond motifs is 1. The minimum Gasteiger partial charge on any atom is -0.441 e. The van der Waals surface area contributed by atoms with Crippen molar-refractivity contribution in [3.8, 4) is 0 Å². The summed E-state index contributed by atoms with van der Waals surface area (Å²) < 4.78 is 5.88. The van der Waals surface area contributed by atoms with Crippen LogP contribution in [0, 0.1) is 0 Å². The molecule has 1 aliphatic heterocycles. The third-order valence-electron chi connectivity index (χ3n) is 5.76. The molecule has 0 aliphatic carbocycles. The monoisotopic (exact) mass is 419 g/mol. The minimum atomic E-state index is -0.0494. The van der Waals surface area contributed by atoms with Gasteiger partial charge >= 0.3 is 0 Å². The Hall–Kier alpha value is -3.15. The predicted octanol–water partition coefficient (Wildman–Crippen LogP) is 4.13. The second-order valence-corrected chi connectivity index (χ2v) is 8.48. The molecule has 2 heterocycles. The maximum atomic E-state index is 13.2. The summed E-state index contributed by atoms with van der Waals surface area (Å²) in [7, 11) is 0. The molecule has 6 heteroatoms. The average Bonchev–Trinajstić information content (AvgIpc) is 3.36. The molecule has 3 aromatic rings. The highest BCUT2D eigenvalue weighted by Crippen LogP contribution is 2.21. The highest BCUT2D eigenvalue weighted by molar-refractivity contribution is 5.97. The summed E-state index contributed by atoms with van der Waals surface area (Å²) in [5.41, 5.74) is 3.30. The van der Waals surface area contributed by atoms with Gasteiger partial charge in [-0.25, -0.2) is 4.98 Å². The lowest BCUT2D eigenvalue weighted by atomic mass is 10.1. The fraction of sp³-hybridized carbons (Fsp3) is 0.400.